The van der Waals surface area contributed by atoms with Crippen molar-refractivity contribution in [1.82, 2.24) is 0 Å². The lowest BCUT2D eigenvalue weighted by atomic mass is 10.2. The highest BCUT2D eigenvalue weighted by Gasteiger charge is 2.09. The van der Waals surface area contributed by atoms with Gasteiger partial charge in [-0.3, -0.25) is 0 Å². The predicted octanol–water partition coefficient (Wildman–Crippen LogP) is 2.03. The third-order valence-corrected chi connectivity index (χ3v) is 1.82. The van der Waals surface area contributed by atoms with Crippen LogP contribution in [0.1, 0.15) is 13.8 Å². The minimum Gasteiger partial charge on any atom is -0.462 e. The topological polar surface area (TPSA) is 52.6 Å². The molecule has 0 aromatic carbocycles. The second-order valence-electron chi connectivity index (χ2n) is 3.26. The molecule has 4 nitrogen and oxygen atoms in total. The third kappa shape index (κ3) is 8.02. The van der Waals surface area contributed by atoms with Crippen molar-refractivity contribution in [2.24, 2.45) is 5.92 Å². The van der Waals surface area contributed by atoms with Crippen molar-refractivity contribution >= 4 is 11.9 Å². The van der Waals surface area contributed by atoms with E-state index in [-0.39, 0.29) is 19.1 Å². The minimum absolute atomic E-state index is 0.149. The third-order valence-electron chi connectivity index (χ3n) is 1.82. The Balaban J connectivity index is 3.96. The summed E-state index contributed by atoms with van der Waals surface area (Å²) in [5.74, 6) is -1.03. The molecule has 0 rings (SSSR count). The van der Waals surface area contributed by atoms with Crippen LogP contribution in [-0.2, 0) is 19.1 Å². The molecule has 0 bridgehead atoms. The fourth-order valence-electron chi connectivity index (χ4n) is 0.931. The van der Waals surface area contributed by atoms with E-state index >= 15 is 0 Å². The second kappa shape index (κ2) is 9.39. The van der Waals surface area contributed by atoms with E-state index in [1.807, 2.05) is 0 Å². The van der Waals surface area contributed by atoms with Gasteiger partial charge in [-0.25, -0.2) is 9.59 Å². The van der Waals surface area contributed by atoms with Crippen LogP contribution in [0.5, 0.6) is 0 Å². The molecule has 0 radical (unpaired) electrons. The Morgan fingerprint density at radius 3 is 1.76 bits per heavy atom. The largest absolute Gasteiger partial charge is 0.462 e. The van der Waals surface area contributed by atoms with Crippen molar-refractivity contribution in [3.63, 3.8) is 0 Å². The van der Waals surface area contributed by atoms with Gasteiger partial charge in [-0.2, -0.15) is 0 Å². The van der Waals surface area contributed by atoms with Crippen LogP contribution >= 0.6 is 0 Å². The summed E-state index contributed by atoms with van der Waals surface area (Å²) in [4.78, 5) is 22.1. The summed E-state index contributed by atoms with van der Waals surface area (Å²) in [6.07, 6.45) is 7.43. The molecule has 0 aromatic heterocycles. The van der Waals surface area contributed by atoms with Crippen molar-refractivity contribution in [3.8, 4) is 0 Å². The van der Waals surface area contributed by atoms with E-state index in [0.29, 0.717) is 0 Å². The maximum Gasteiger partial charge on any atom is 0.330 e. The Bertz CT molecular complexity index is 287. The molecular formula is C13H18O4. The number of hydrogen-bond donors (Lipinski definition) is 0. The molecular weight excluding hydrogens is 220 g/mol. The van der Waals surface area contributed by atoms with E-state index in [1.54, 1.807) is 32.1 Å². The van der Waals surface area contributed by atoms with Gasteiger partial charge in [0.2, 0.25) is 0 Å². The molecule has 0 atom stereocenters. The molecule has 0 saturated carbocycles. The van der Waals surface area contributed by atoms with Gasteiger partial charge in [0.15, 0.2) is 0 Å². The Morgan fingerprint density at radius 1 is 1.06 bits per heavy atom. The summed E-state index contributed by atoms with van der Waals surface area (Å²) in [6, 6.07) is 0. The van der Waals surface area contributed by atoms with Gasteiger partial charge in [-0.1, -0.05) is 18.2 Å². The van der Waals surface area contributed by atoms with E-state index in [9.17, 15) is 9.59 Å². The summed E-state index contributed by atoms with van der Waals surface area (Å²) in [5.41, 5.74) is 0. The second-order valence-corrected chi connectivity index (χ2v) is 3.26. The van der Waals surface area contributed by atoms with E-state index < -0.39 is 11.9 Å². The minimum atomic E-state index is -0.417. The molecule has 0 aliphatic carbocycles. The molecule has 0 fully saturated rings. The average Bonchev–Trinajstić information content (AvgIpc) is 2.30. The van der Waals surface area contributed by atoms with E-state index in [0.717, 1.165) is 0 Å². The van der Waals surface area contributed by atoms with Crippen molar-refractivity contribution < 1.29 is 19.1 Å². The van der Waals surface area contributed by atoms with Crippen molar-refractivity contribution in [2.75, 3.05) is 13.2 Å². The Kier molecular flexibility index (Phi) is 8.37. The molecule has 4 heteroatoms. The molecule has 0 amide bonds. The highest BCUT2D eigenvalue weighted by molar-refractivity contribution is 5.82. The lowest BCUT2D eigenvalue weighted by Crippen LogP contribution is -2.18. The molecule has 0 aliphatic rings. The standard InChI is InChI=1S/C13H18O4/c1-4-7-12(14)16-9-11(6-3)10-17-13(15)8-5-2/h4-8,11H,3,9-10H2,1-2H3. The number of carbonyl (C=O) groups excluding carboxylic acids is 2. The van der Waals surface area contributed by atoms with Crippen LogP contribution < -0.4 is 0 Å². The zero-order valence-electron chi connectivity index (χ0n) is 10.2. The normalized spacial score (nSPS) is 12.6. The fraction of sp³-hybridized carbons (Fsp3) is 0.385. The average molecular weight is 238 g/mol. The molecule has 0 aromatic rings. The molecule has 17 heavy (non-hydrogen) atoms. The quantitative estimate of drug-likeness (QED) is 0.387. The summed E-state index contributed by atoms with van der Waals surface area (Å²) < 4.78 is 9.84. The Morgan fingerprint density at radius 2 is 1.47 bits per heavy atom. The van der Waals surface area contributed by atoms with E-state index in [4.69, 9.17) is 9.47 Å². The van der Waals surface area contributed by atoms with Crippen LogP contribution in [0.4, 0.5) is 0 Å². The van der Waals surface area contributed by atoms with Crippen LogP contribution in [-0.4, -0.2) is 25.2 Å². The van der Waals surface area contributed by atoms with Gasteiger partial charge in [0.1, 0.15) is 13.2 Å². The van der Waals surface area contributed by atoms with Gasteiger partial charge < -0.3 is 9.47 Å². The Labute approximate surface area is 102 Å². The zero-order chi connectivity index (χ0) is 13.1. The first-order valence-electron chi connectivity index (χ1n) is 5.35. The van der Waals surface area contributed by atoms with E-state index in [1.165, 1.54) is 12.2 Å². The van der Waals surface area contributed by atoms with Crippen LogP contribution in [0.25, 0.3) is 0 Å². The number of hydrogen-bond acceptors (Lipinski definition) is 4. The number of carbonyl (C=O) groups is 2. The van der Waals surface area contributed by atoms with Crippen molar-refractivity contribution in [1.29, 1.82) is 0 Å². The molecule has 94 valence electrons. The predicted molar refractivity (Wildman–Crippen MR) is 65.2 cm³/mol. The van der Waals surface area contributed by atoms with E-state index in [2.05, 4.69) is 6.58 Å². The lowest BCUT2D eigenvalue weighted by Gasteiger charge is -2.11. The number of rotatable bonds is 7. The van der Waals surface area contributed by atoms with Gasteiger partial charge in [-0.05, 0) is 13.8 Å². The SMILES string of the molecule is C=CC(COC(=O)C=CC)COC(=O)C=CC. The van der Waals surface area contributed by atoms with Gasteiger partial charge in [0, 0.05) is 18.1 Å². The van der Waals surface area contributed by atoms with Crippen LogP contribution in [0.2, 0.25) is 0 Å². The summed E-state index contributed by atoms with van der Waals surface area (Å²) in [7, 11) is 0. The van der Waals surface area contributed by atoms with Gasteiger partial charge >= 0.3 is 11.9 Å². The van der Waals surface area contributed by atoms with Crippen LogP contribution in [0.15, 0.2) is 37.0 Å². The zero-order valence-corrected chi connectivity index (χ0v) is 10.2. The molecule has 0 heterocycles. The number of esters is 2. The molecule has 0 spiro atoms. The lowest BCUT2D eigenvalue weighted by molar-refractivity contribution is -0.141. The van der Waals surface area contributed by atoms with Crippen LogP contribution in [0.3, 0.4) is 0 Å². The number of allylic oxidation sites excluding steroid dienone is 2. The highest BCUT2D eigenvalue weighted by Crippen LogP contribution is 2.01. The van der Waals surface area contributed by atoms with Gasteiger partial charge in [-0.15, -0.1) is 6.58 Å². The maximum absolute atomic E-state index is 11.0. The van der Waals surface area contributed by atoms with Crippen LogP contribution in [0, 0.1) is 5.92 Å². The Hall–Kier alpha value is -1.84. The fourth-order valence-corrected chi connectivity index (χ4v) is 0.931. The monoisotopic (exact) mass is 238 g/mol. The first-order valence-corrected chi connectivity index (χ1v) is 5.35. The van der Waals surface area contributed by atoms with Crippen molar-refractivity contribution in [2.45, 2.75) is 13.8 Å². The molecule has 0 saturated heterocycles. The smallest absolute Gasteiger partial charge is 0.330 e. The van der Waals surface area contributed by atoms with Gasteiger partial charge in [0.05, 0.1) is 0 Å². The molecule has 0 unspecified atom stereocenters. The first-order chi connectivity index (χ1) is 8.13. The first kappa shape index (κ1) is 15.2. The van der Waals surface area contributed by atoms with Gasteiger partial charge in [0.25, 0.3) is 0 Å². The molecule has 0 N–H and O–H groups in total. The summed E-state index contributed by atoms with van der Waals surface area (Å²) >= 11 is 0. The number of ether oxygens (including phenoxy) is 2. The summed E-state index contributed by atoms with van der Waals surface area (Å²) in [6.45, 7) is 7.34. The molecule has 0 aliphatic heterocycles. The summed E-state index contributed by atoms with van der Waals surface area (Å²) in [5, 5.41) is 0. The van der Waals surface area contributed by atoms with Crippen molar-refractivity contribution in [3.05, 3.63) is 37.0 Å². The highest BCUT2D eigenvalue weighted by atomic mass is 16.5. The maximum atomic E-state index is 11.0.